The van der Waals surface area contributed by atoms with Crippen molar-refractivity contribution in [2.24, 2.45) is 4.99 Å². The molecule has 0 bridgehead atoms. The first-order chi connectivity index (χ1) is 8.27. The van der Waals surface area contributed by atoms with E-state index < -0.39 is 0 Å². The first-order valence-corrected chi connectivity index (χ1v) is 5.91. The maximum atomic E-state index is 4.38. The average molecular weight is 361 g/mol. The number of rotatable bonds is 3. The van der Waals surface area contributed by atoms with Crippen LogP contribution in [0, 0.1) is 0 Å². The summed E-state index contributed by atoms with van der Waals surface area (Å²) in [7, 11) is 4.00. The van der Waals surface area contributed by atoms with Gasteiger partial charge in [0.05, 0.1) is 0 Å². The molecule has 0 spiro atoms. The molecular weight excluding hydrogens is 341 g/mol. The number of pyridine rings is 1. The van der Waals surface area contributed by atoms with E-state index in [2.05, 4.69) is 26.7 Å². The summed E-state index contributed by atoms with van der Waals surface area (Å²) in [5.41, 5.74) is 1.17. The first-order valence-electron chi connectivity index (χ1n) is 5.91. The zero-order valence-electron chi connectivity index (χ0n) is 10.8. The lowest BCUT2D eigenvalue weighted by molar-refractivity contribution is 0.701. The normalized spacial score (nSPS) is 14.0. The number of nitrogens with one attached hydrogen (secondary N) is 2. The van der Waals surface area contributed by atoms with E-state index in [0.29, 0.717) is 0 Å². The minimum absolute atomic E-state index is 0. The Morgan fingerprint density at radius 3 is 2.94 bits per heavy atom. The minimum Gasteiger partial charge on any atom is -0.362 e. The molecule has 1 aromatic rings. The molecule has 0 amide bonds. The molecule has 0 saturated carbocycles. The van der Waals surface area contributed by atoms with Crippen molar-refractivity contribution in [3.63, 3.8) is 0 Å². The summed E-state index contributed by atoms with van der Waals surface area (Å²) in [6.07, 6.45) is 2.93. The number of hydrogen-bond donors (Lipinski definition) is 2. The van der Waals surface area contributed by atoms with Gasteiger partial charge in [0.15, 0.2) is 5.96 Å². The van der Waals surface area contributed by atoms with Crippen molar-refractivity contribution >= 4 is 35.8 Å². The van der Waals surface area contributed by atoms with Crippen LogP contribution < -0.4 is 15.5 Å². The van der Waals surface area contributed by atoms with Crippen molar-refractivity contribution in [2.45, 2.75) is 13.0 Å². The Bertz CT molecular complexity index is 405. The van der Waals surface area contributed by atoms with Crippen molar-refractivity contribution in [3.8, 4) is 0 Å². The molecule has 100 valence electrons. The van der Waals surface area contributed by atoms with E-state index in [1.54, 1.807) is 0 Å². The fraction of sp³-hybridized carbons (Fsp3) is 0.500. The zero-order chi connectivity index (χ0) is 12.1. The highest BCUT2D eigenvalue weighted by molar-refractivity contribution is 14.0. The van der Waals surface area contributed by atoms with E-state index in [-0.39, 0.29) is 24.0 Å². The zero-order valence-corrected chi connectivity index (χ0v) is 13.1. The Hall–Kier alpha value is -1.05. The second kappa shape index (κ2) is 7.40. The van der Waals surface area contributed by atoms with Gasteiger partial charge in [-0.2, -0.15) is 0 Å². The molecule has 6 heteroatoms. The molecule has 5 nitrogen and oxygen atoms in total. The predicted molar refractivity (Wildman–Crippen MR) is 85.7 cm³/mol. The number of guanidine groups is 1. The van der Waals surface area contributed by atoms with Gasteiger partial charge in [-0.1, -0.05) is 6.07 Å². The Morgan fingerprint density at radius 1 is 1.44 bits per heavy atom. The number of anilines is 1. The van der Waals surface area contributed by atoms with Crippen LogP contribution in [0.1, 0.15) is 12.0 Å². The summed E-state index contributed by atoms with van der Waals surface area (Å²) < 4.78 is 0. The third-order valence-corrected chi connectivity index (χ3v) is 2.63. The molecule has 1 aromatic heterocycles. The van der Waals surface area contributed by atoms with Gasteiger partial charge in [0.2, 0.25) is 0 Å². The summed E-state index contributed by atoms with van der Waals surface area (Å²) >= 11 is 0. The number of aromatic nitrogens is 1. The fourth-order valence-electron chi connectivity index (χ4n) is 1.80. The molecule has 0 aliphatic carbocycles. The van der Waals surface area contributed by atoms with Gasteiger partial charge in [-0.05, 0) is 12.5 Å². The van der Waals surface area contributed by atoms with Gasteiger partial charge < -0.3 is 15.5 Å². The number of nitrogens with zero attached hydrogens (tertiary/aromatic N) is 3. The van der Waals surface area contributed by atoms with Crippen molar-refractivity contribution in [2.75, 3.05) is 32.1 Å². The van der Waals surface area contributed by atoms with E-state index in [0.717, 1.165) is 37.8 Å². The van der Waals surface area contributed by atoms with Gasteiger partial charge in [-0.3, -0.25) is 4.99 Å². The van der Waals surface area contributed by atoms with Crippen LogP contribution in [-0.4, -0.2) is 38.1 Å². The lowest BCUT2D eigenvalue weighted by Crippen LogP contribution is -2.40. The maximum Gasteiger partial charge on any atom is 0.191 e. The second-order valence-corrected chi connectivity index (χ2v) is 4.24. The molecule has 18 heavy (non-hydrogen) atoms. The molecule has 2 rings (SSSR count). The molecule has 2 heterocycles. The average Bonchev–Trinajstić information content (AvgIpc) is 2.38. The maximum absolute atomic E-state index is 4.38. The van der Waals surface area contributed by atoms with Crippen LogP contribution in [0.3, 0.4) is 0 Å². The van der Waals surface area contributed by atoms with Crippen molar-refractivity contribution in [1.82, 2.24) is 15.6 Å². The minimum atomic E-state index is 0. The van der Waals surface area contributed by atoms with E-state index in [1.165, 1.54) is 5.56 Å². The predicted octanol–water partition coefficient (Wildman–Crippen LogP) is 1.20. The monoisotopic (exact) mass is 361 g/mol. The highest BCUT2D eigenvalue weighted by Crippen LogP contribution is 2.13. The van der Waals surface area contributed by atoms with Crippen LogP contribution in [0.4, 0.5) is 5.82 Å². The fourth-order valence-corrected chi connectivity index (χ4v) is 1.80. The van der Waals surface area contributed by atoms with Gasteiger partial charge in [-0.25, -0.2) is 4.98 Å². The smallest absolute Gasteiger partial charge is 0.191 e. The molecule has 0 aromatic carbocycles. The lowest BCUT2D eigenvalue weighted by atomic mass is 10.2. The largest absolute Gasteiger partial charge is 0.362 e. The van der Waals surface area contributed by atoms with Crippen LogP contribution in [0.5, 0.6) is 0 Å². The number of halogens is 1. The van der Waals surface area contributed by atoms with Crippen molar-refractivity contribution in [3.05, 3.63) is 23.9 Å². The van der Waals surface area contributed by atoms with E-state index >= 15 is 0 Å². The van der Waals surface area contributed by atoms with Gasteiger partial charge in [0.25, 0.3) is 0 Å². The molecule has 0 atom stereocenters. The van der Waals surface area contributed by atoms with Gasteiger partial charge in [0.1, 0.15) is 5.82 Å². The standard InChI is InChI=1S/C12H19N5.HI/c1-17(2)11-10(5-3-6-13-11)9-16-12-14-7-4-8-15-12;/h3,5-6H,4,7-9H2,1-2H3,(H2,14,15,16);1H. The summed E-state index contributed by atoms with van der Waals surface area (Å²) in [5.74, 6) is 1.89. The molecule has 2 N–H and O–H groups in total. The van der Waals surface area contributed by atoms with Crippen LogP contribution in [0.2, 0.25) is 0 Å². The molecule has 0 unspecified atom stereocenters. The molecule has 1 aliphatic heterocycles. The van der Waals surface area contributed by atoms with Crippen LogP contribution in [0.25, 0.3) is 0 Å². The summed E-state index contributed by atoms with van der Waals surface area (Å²) in [6.45, 7) is 2.65. The Labute approximate surface area is 125 Å². The highest BCUT2D eigenvalue weighted by Gasteiger charge is 2.07. The third kappa shape index (κ3) is 4.01. The number of aliphatic imine (C=N–C) groups is 1. The lowest BCUT2D eigenvalue weighted by Gasteiger charge is -2.19. The molecule has 0 radical (unpaired) electrons. The van der Waals surface area contributed by atoms with Crippen LogP contribution in [0.15, 0.2) is 23.3 Å². The Kier molecular flexibility index (Phi) is 6.17. The highest BCUT2D eigenvalue weighted by atomic mass is 127. The van der Waals surface area contributed by atoms with Crippen LogP contribution in [-0.2, 0) is 6.54 Å². The SMILES string of the molecule is CN(C)c1ncccc1CNC1=NCCCN1.I. The molecule has 1 aliphatic rings. The molecular formula is C12H20IN5. The van der Waals surface area contributed by atoms with Gasteiger partial charge >= 0.3 is 0 Å². The van der Waals surface area contributed by atoms with Crippen molar-refractivity contribution in [1.29, 1.82) is 0 Å². The molecule has 0 saturated heterocycles. The first kappa shape index (κ1) is 15.0. The third-order valence-electron chi connectivity index (χ3n) is 2.63. The Morgan fingerprint density at radius 2 is 2.28 bits per heavy atom. The number of hydrogen-bond acceptors (Lipinski definition) is 5. The van der Waals surface area contributed by atoms with Crippen LogP contribution >= 0.6 is 24.0 Å². The topological polar surface area (TPSA) is 52.6 Å². The quantitative estimate of drug-likeness (QED) is 0.795. The summed E-state index contributed by atoms with van der Waals surface area (Å²) in [5, 5.41) is 6.55. The van der Waals surface area contributed by atoms with E-state index in [9.17, 15) is 0 Å². The van der Waals surface area contributed by atoms with E-state index in [4.69, 9.17) is 0 Å². The van der Waals surface area contributed by atoms with E-state index in [1.807, 2.05) is 31.3 Å². The Balaban J connectivity index is 0.00000162. The molecule has 0 fully saturated rings. The summed E-state index contributed by atoms with van der Waals surface area (Å²) in [6, 6.07) is 4.04. The van der Waals surface area contributed by atoms with Crippen molar-refractivity contribution < 1.29 is 0 Å². The summed E-state index contributed by atoms with van der Waals surface area (Å²) in [4.78, 5) is 10.8. The van der Waals surface area contributed by atoms with Gasteiger partial charge in [-0.15, -0.1) is 24.0 Å². The van der Waals surface area contributed by atoms with Gasteiger partial charge in [0, 0.05) is 45.5 Å². The second-order valence-electron chi connectivity index (χ2n) is 4.24.